The number of carbonyl (C=O) groups is 1. The van der Waals surface area contributed by atoms with Crippen LogP contribution in [0.25, 0.3) is 0 Å². The van der Waals surface area contributed by atoms with Crippen LogP contribution >= 0.6 is 0 Å². The molecule has 0 aliphatic rings. The van der Waals surface area contributed by atoms with Gasteiger partial charge in [-0.25, -0.2) is 4.79 Å². The molecule has 2 aromatic rings. The molecule has 2 unspecified atom stereocenters. The third-order valence-corrected chi connectivity index (χ3v) is 5.16. The first-order chi connectivity index (χ1) is 13.1. The topological polar surface area (TPSA) is 37.3 Å². The van der Waals surface area contributed by atoms with Crippen LogP contribution in [0.3, 0.4) is 0 Å². The Morgan fingerprint density at radius 2 is 1.16 bits per heavy atom. The highest BCUT2D eigenvalue weighted by Gasteiger charge is 2.09. The van der Waals surface area contributed by atoms with Crippen molar-refractivity contribution in [2.45, 2.75) is 73.8 Å². The Labute approximate surface area is 198 Å². The summed E-state index contributed by atoms with van der Waals surface area (Å²) in [5.74, 6) is 0.321. The van der Waals surface area contributed by atoms with E-state index in [0.29, 0.717) is 17.4 Å². The molecule has 0 heterocycles. The SMILES string of the molecule is C.C.CCC(C)c1ccc(C(=O)O)cc1.CCC(C)c1ccc(C[N+](C)(C)C)cc1.[Cl-]. The molecule has 178 valence electrons. The van der Waals surface area contributed by atoms with Crippen molar-refractivity contribution < 1.29 is 26.8 Å². The number of carboxylic acids is 1. The number of nitrogens with zero attached hydrogens (tertiary/aromatic N) is 1. The summed E-state index contributed by atoms with van der Waals surface area (Å²) in [5, 5.41) is 8.67. The van der Waals surface area contributed by atoms with Crippen LogP contribution in [0.4, 0.5) is 0 Å². The van der Waals surface area contributed by atoms with E-state index in [4.69, 9.17) is 5.11 Å². The minimum atomic E-state index is -0.865. The number of carboxylic acid groups (broad SMARTS) is 1. The number of aromatic carboxylic acids is 1. The Morgan fingerprint density at radius 1 is 0.806 bits per heavy atom. The zero-order chi connectivity index (χ0) is 21.3. The lowest BCUT2D eigenvalue weighted by atomic mass is 9.97. The molecule has 0 aliphatic carbocycles. The number of hydrogen-bond donors (Lipinski definition) is 1. The molecule has 0 aliphatic heterocycles. The second-order valence-corrected chi connectivity index (χ2v) is 8.74. The number of halogens is 1. The van der Waals surface area contributed by atoms with E-state index in [9.17, 15) is 4.79 Å². The first kappa shape index (κ1) is 33.8. The first-order valence-electron chi connectivity index (χ1n) is 10.3. The molecule has 3 nitrogen and oxygen atoms in total. The van der Waals surface area contributed by atoms with E-state index in [1.54, 1.807) is 12.1 Å². The Bertz CT molecular complexity index is 718. The number of quaternary nitrogens is 1. The molecule has 2 atom stereocenters. The fraction of sp³-hybridized carbons (Fsp3) is 0.519. The van der Waals surface area contributed by atoms with Crippen molar-refractivity contribution in [3.05, 3.63) is 70.8 Å². The Kier molecular flexibility index (Phi) is 17.3. The molecule has 0 bridgehead atoms. The molecule has 0 spiro atoms. The molecule has 0 fully saturated rings. The van der Waals surface area contributed by atoms with Crippen LogP contribution in [0.5, 0.6) is 0 Å². The van der Waals surface area contributed by atoms with Crippen molar-refractivity contribution in [2.24, 2.45) is 0 Å². The summed E-state index contributed by atoms with van der Waals surface area (Å²) in [6, 6.07) is 16.2. The molecule has 4 heteroatoms. The van der Waals surface area contributed by atoms with Crippen LogP contribution < -0.4 is 12.4 Å². The van der Waals surface area contributed by atoms with Crippen molar-refractivity contribution in [1.82, 2.24) is 0 Å². The summed E-state index contributed by atoms with van der Waals surface area (Å²) in [7, 11) is 6.67. The maximum atomic E-state index is 10.6. The molecule has 0 saturated carbocycles. The lowest BCUT2D eigenvalue weighted by Gasteiger charge is -2.24. The van der Waals surface area contributed by atoms with Crippen molar-refractivity contribution in [1.29, 1.82) is 0 Å². The fourth-order valence-corrected chi connectivity index (χ4v) is 2.92. The van der Waals surface area contributed by atoms with E-state index in [-0.39, 0.29) is 27.3 Å². The van der Waals surface area contributed by atoms with Gasteiger partial charge in [0.2, 0.25) is 0 Å². The third kappa shape index (κ3) is 12.6. The predicted molar refractivity (Wildman–Crippen MR) is 132 cm³/mol. The molecule has 1 N–H and O–H groups in total. The van der Waals surface area contributed by atoms with Gasteiger partial charge < -0.3 is 22.0 Å². The third-order valence-electron chi connectivity index (χ3n) is 5.16. The standard InChI is InChI=1S/C14H24N.C11H14O2.2CH4.ClH/c1-6-12(2)14-9-7-13(8-10-14)11-15(3,4)5;1-3-8(2)9-4-6-10(7-5-9)11(12)13;;;/h7-10,12H,6,11H2,1-5H3;4-8H,3H2,1-2H3,(H,12,13);2*1H4;1H/q+1;;;;/p-1. The van der Waals surface area contributed by atoms with Crippen molar-refractivity contribution in [2.75, 3.05) is 21.1 Å². The average molecular weight is 452 g/mol. The Hall–Kier alpha value is -1.84. The highest BCUT2D eigenvalue weighted by Crippen LogP contribution is 2.20. The smallest absolute Gasteiger partial charge is 0.335 e. The predicted octanol–water partition coefficient (Wildman–Crippen LogP) is 4.58. The maximum absolute atomic E-state index is 10.6. The van der Waals surface area contributed by atoms with Gasteiger partial charge in [0, 0.05) is 5.56 Å². The van der Waals surface area contributed by atoms with Gasteiger partial charge in [-0.3, -0.25) is 0 Å². The summed E-state index contributed by atoms with van der Waals surface area (Å²) in [6.07, 6.45) is 2.29. The molecule has 0 radical (unpaired) electrons. The Morgan fingerprint density at radius 3 is 1.45 bits per heavy atom. The van der Waals surface area contributed by atoms with E-state index in [2.05, 4.69) is 73.1 Å². The van der Waals surface area contributed by atoms with E-state index in [0.717, 1.165) is 17.4 Å². The van der Waals surface area contributed by atoms with Crippen LogP contribution in [0.15, 0.2) is 48.5 Å². The largest absolute Gasteiger partial charge is 1.00 e. The van der Waals surface area contributed by atoms with Gasteiger partial charge in [-0.05, 0) is 47.9 Å². The average Bonchev–Trinajstić information content (AvgIpc) is 2.66. The lowest BCUT2D eigenvalue weighted by Crippen LogP contribution is -3.00. The first-order valence-corrected chi connectivity index (χ1v) is 10.3. The van der Waals surface area contributed by atoms with Crippen molar-refractivity contribution in [3.8, 4) is 0 Å². The normalized spacial score (nSPS) is 12.0. The number of hydrogen-bond acceptors (Lipinski definition) is 1. The zero-order valence-electron chi connectivity index (χ0n) is 19.1. The van der Waals surface area contributed by atoms with Crippen LogP contribution in [-0.4, -0.2) is 36.7 Å². The van der Waals surface area contributed by atoms with Gasteiger partial charge in [-0.1, -0.05) is 78.9 Å². The van der Waals surface area contributed by atoms with Crippen LogP contribution in [0.2, 0.25) is 0 Å². The fourth-order valence-electron chi connectivity index (χ4n) is 2.92. The van der Waals surface area contributed by atoms with E-state index in [1.807, 2.05) is 12.1 Å². The molecule has 0 amide bonds. The quantitative estimate of drug-likeness (QED) is 0.625. The molecular formula is C27H46ClNO2. The van der Waals surface area contributed by atoms with E-state index >= 15 is 0 Å². The van der Waals surface area contributed by atoms with Gasteiger partial charge in [0.1, 0.15) is 6.54 Å². The Balaban J connectivity index is -0.000000465. The molecule has 2 aromatic carbocycles. The molecule has 31 heavy (non-hydrogen) atoms. The molecule has 0 aromatic heterocycles. The highest BCUT2D eigenvalue weighted by molar-refractivity contribution is 5.87. The van der Waals surface area contributed by atoms with Crippen LogP contribution in [-0.2, 0) is 6.54 Å². The van der Waals surface area contributed by atoms with Gasteiger partial charge in [-0.2, -0.15) is 0 Å². The minimum Gasteiger partial charge on any atom is -1.00 e. The van der Waals surface area contributed by atoms with E-state index < -0.39 is 5.97 Å². The molecule has 2 rings (SSSR count). The zero-order valence-corrected chi connectivity index (χ0v) is 19.8. The van der Waals surface area contributed by atoms with Gasteiger partial charge in [0.15, 0.2) is 0 Å². The monoisotopic (exact) mass is 451 g/mol. The second kappa shape index (κ2) is 15.9. The number of rotatable bonds is 7. The second-order valence-electron chi connectivity index (χ2n) is 8.74. The maximum Gasteiger partial charge on any atom is 0.335 e. The van der Waals surface area contributed by atoms with Gasteiger partial charge in [0.25, 0.3) is 0 Å². The van der Waals surface area contributed by atoms with Crippen molar-refractivity contribution in [3.63, 3.8) is 0 Å². The molecular weight excluding hydrogens is 406 g/mol. The summed E-state index contributed by atoms with van der Waals surface area (Å²) in [6.45, 7) is 9.88. The molecule has 0 saturated heterocycles. The van der Waals surface area contributed by atoms with Crippen molar-refractivity contribution >= 4 is 5.97 Å². The highest BCUT2D eigenvalue weighted by atomic mass is 35.5. The minimum absolute atomic E-state index is 0. The van der Waals surface area contributed by atoms with Gasteiger partial charge in [-0.15, -0.1) is 0 Å². The summed E-state index contributed by atoms with van der Waals surface area (Å²) in [5.41, 5.74) is 4.44. The summed E-state index contributed by atoms with van der Waals surface area (Å²) in [4.78, 5) is 10.6. The van der Waals surface area contributed by atoms with Gasteiger partial charge >= 0.3 is 5.97 Å². The lowest BCUT2D eigenvalue weighted by molar-refractivity contribution is -0.884. The van der Waals surface area contributed by atoms with Gasteiger partial charge in [0.05, 0.1) is 26.7 Å². The summed E-state index contributed by atoms with van der Waals surface area (Å²) >= 11 is 0. The summed E-state index contributed by atoms with van der Waals surface area (Å²) < 4.78 is 0.989. The van der Waals surface area contributed by atoms with Crippen LogP contribution in [0.1, 0.15) is 94.3 Å². The van der Waals surface area contributed by atoms with E-state index in [1.165, 1.54) is 23.1 Å². The van der Waals surface area contributed by atoms with Crippen LogP contribution in [0, 0.1) is 0 Å². The number of benzene rings is 2.